The number of rotatable bonds is 8. The third kappa shape index (κ3) is 9.35. The third-order valence-corrected chi connectivity index (χ3v) is 2.98. The Morgan fingerprint density at radius 2 is 1.96 bits per heavy atom. The number of nitrogens with two attached hydrogens (primary N) is 2. The van der Waals surface area contributed by atoms with Gasteiger partial charge in [0.2, 0.25) is 0 Å². The highest BCUT2D eigenvalue weighted by Gasteiger charge is 2.41. The molecule has 8 heteroatoms. The van der Waals surface area contributed by atoms with Gasteiger partial charge in [0.25, 0.3) is 5.92 Å². The number of alkyl carbamates (subject to hydrolysis) is 1. The Bertz CT molecular complexity index is 409. The van der Waals surface area contributed by atoms with Crippen LogP contribution in [-0.2, 0) is 4.74 Å². The summed E-state index contributed by atoms with van der Waals surface area (Å²) in [5.74, 6) is -3.35. The Morgan fingerprint density at radius 3 is 2.43 bits per heavy atom. The van der Waals surface area contributed by atoms with Crippen LogP contribution in [0.15, 0.2) is 11.9 Å². The van der Waals surface area contributed by atoms with Crippen molar-refractivity contribution < 1.29 is 23.4 Å². The minimum Gasteiger partial charge on any atom is -0.444 e. The summed E-state index contributed by atoms with van der Waals surface area (Å²) < 4.78 is 32.7. The van der Waals surface area contributed by atoms with Crippen molar-refractivity contribution in [3.8, 4) is 0 Å². The molecule has 0 saturated heterocycles. The van der Waals surface area contributed by atoms with Crippen LogP contribution in [0.2, 0.25) is 0 Å². The zero-order chi connectivity index (χ0) is 18.3. The van der Waals surface area contributed by atoms with Gasteiger partial charge >= 0.3 is 6.09 Å². The highest BCUT2D eigenvalue weighted by atomic mass is 19.3. The van der Waals surface area contributed by atoms with Crippen LogP contribution < -0.4 is 16.8 Å². The van der Waals surface area contributed by atoms with Gasteiger partial charge in [-0.15, -0.1) is 0 Å². The molecule has 0 aliphatic carbocycles. The van der Waals surface area contributed by atoms with Gasteiger partial charge in [-0.1, -0.05) is 13.3 Å². The van der Waals surface area contributed by atoms with Crippen molar-refractivity contribution in [3.05, 3.63) is 11.9 Å². The number of hydrogen-bond acceptors (Lipinski definition) is 5. The maximum atomic E-state index is 13.8. The van der Waals surface area contributed by atoms with E-state index in [0.29, 0.717) is 12.8 Å². The Balaban J connectivity index is 4.42. The lowest BCUT2D eigenvalue weighted by molar-refractivity contribution is -0.122. The van der Waals surface area contributed by atoms with Crippen LogP contribution in [0.5, 0.6) is 0 Å². The Kier molecular flexibility index (Phi) is 8.47. The first-order chi connectivity index (χ1) is 10.4. The van der Waals surface area contributed by atoms with Gasteiger partial charge in [0.15, 0.2) is 0 Å². The van der Waals surface area contributed by atoms with Gasteiger partial charge in [-0.2, -0.15) is 0 Å². The number of nitrogens with one attached hydrogen (secondary N) is 1. The number of allylic oxidation sites excluding steroid dienone is 1. The fraction of sp³-hybridized carbons (Fsp3) is 0.800. The van der Waals surface area contributed by atoms with Crippen molar-refractivity contribution >= 4 is 6.09 Å². The molecule has 0 aromatic carbocycles. The summed E-state index contributed by atoms with van der Waals surface area (Å²) in [5, 5.41) is 11.9. The van der Waals surface area contributed by atoms with Gasteiger partial charge in [0, 0.05) is 24.4 Å². The normalized spacial score (nSPS) is 15.9. The van der Waals surface area contributed by atoms with Crippen LogP contribution in [-0.4, -0.2) is 34.9 Å². The number of carbonyl (C=O) groups excluding carboxylic acids is 1. The van der Waals surface area contributed by atoms with E-state index in [1.807, 2.05) is 0 Å². The fourth-order valence-corrected chi connectivity index (χ4v) is 1.79. The van der Waals surface area contributed by atoms with Crippen molar-refractivity contribution in [3.63, 3.8) is 0 Å². The van der Waals surface area contributed by atoms with Crippen molar-refractivity contribution in [2.45, 2.75) is 77.0 Å². The fourth-order valence-electron chi connectivity index (χ4n) is 1.79. The molecule has 0 rings (SSSR count). The molecule has 2 atom stereocenters. The van der Waals surface area contributed by atoms with Crippen LogP contribution >= 0.6 is 0 Å². The van der Waals surface area contributed by atoms with Crippen LogP contribution in [0.25, 0.3) is 0 Å². The predicted molar refractivity (Wildman–Crippen MR) is 84.7 cm³/mol. The standard InChI is InChI=1S/C15H29F2N3O3/c1-5-6-11(19)12(21)15(16,17)8-7-10(18)9-20-13(22)23-14(2,3)4/h9,11-12,21H,5-8,18-19H2,1-4H3,(H,20,22). The van der Waals surface area contributed by atoms with Gasteiger partial charge in [-0.05, 0) is 33.6 Å². The summed E-state index contributed by atoms with van der Waals surface area (Å²) >= 11 is 0. The summed E-state index contributed by atoms with van der Waals surface area (Å²) in [6.07, 6.45) is -1.48. The van der Waals surface area contributed by atoms with E-state index in [-0.39, 0.29) is 12.1 Å². The van der Waals surface area contributed by atoms with E-state index in [1.54, 1.807) is 27.7 Å². The smallest absolute Gasteiger partial charge is 0.411 e. The molecular weight excluding hydrogens is 308 g/mol. The third-order valence-electron chi connectivity index (χ3n) is 2.98. The first-order valence-corrected chi connectivity index (χ1v) is 7.64. The lowest BCUT2D eigenvalue weighted by Gasteiger charge is -2.27. The second kappa shape index (κ2) is 9.02. The number of ether oxygens (including phenoxy) is 1. The Morgan fingerprint density at radius 1 is 1.39 bits per heavy atom. The topological polar surface area (TPSA) is 111 Å². The molecule has 0 aromatic rings. The van der Waals surface area contributed by atoms with Crippen LogP contribution in [0.4, 0.5) is 13.6 Å². The number of aliphatic hydroxyl groups is 1. The average molecular weight is 337 g/mol. The number of carbonyl (C=O) groups is 1. The minimum atomic E-state index is -3.35. The van der Waals surface area contributed by atoms with Crippen LogP contribution in [0.3, 0.4) is 0 Å². The predicted octanol–water partition coefficient (Wildman–Crippen LogP) is 2.21. The number of alkyl halides is 2. The van der Waals surface area contributed by atoms with E-state index >= 15 is 0 Å². The monoisotopic (exact) mass is 337 g/mol. The molecule has 0 radical (unpaired) electrons. The van der Waals surface area contributed by atoms with Gasteiger partial charge in [0.05, 0.1) is 0 Å². The number of hydrogen-bond donors (Lipinski definition) is 4. The molecule has 0 heterocycles. The highest BCUT2D eigenvalue weighted by Crippen LogP contribution is 2.28. The summed E-state index contributed by atoms with van der Waals surface area (Å²) in [6, 6.07) is -0.986. The highest BCUT2D eigenvalue weighted by molar-refractivity contribution is 5.68. The second-order valence-corrected chi connectivity index (χ2v) is 6.52. The molecule has 0 aromatic heterocycles. The van der Waals surface area contributed by atoms with E-state index in [4.69, 9.17) is 16.2 Å². The molecule has 2 unspecified atom stereocenters. The molecule has 0 bridgehead atoms. The number of aliphatic hydroxyl groups excluding tert-OH is 1. The maximum absolute atomic E-state index is 13.8. The van der Waals surface area contributed by atoms with Crippen molar-refractivity contribution in [1.29, 1.82) is 0 Å². The van der Waals surface area contributed by atoms with Gasteiger partial charge in [-0.3, -0.25) is 5.32 Å². The molecule has 6 nitrogen and oxygen atoms in total. The van der Waals surface area contributed by atoms with E-state index in [1.165, 1.54) is 0 Å². The second-order valence-electron chi connectivity index (χ2n) is 6.52. The Labute approximate surface area is 136 Å². The molecule has 0 aliphatic rings. The molecule has 23 heavy (non-hydrogen) atoms. The van der Waals surface area contributed by atoms with E-state index in [0.717, 1.165) is 6.20 Å². The summed E-state index contributed by atoms with van der Waals surface area (Å²) in [6.45, 7) is 6.89. The molecule has 136 valence electrons. The SMILES string of the molecule is CCCC(N)C(O)C(F)(F)CCC(N)=CNC(=O)OC(C)(C)C. The molecular formula is C15H29F2N3O3. The van der Waals surface area contributed by atoms with Gasteiger partial charge in [-0.25, -0.2) is 13.6 Å². The summed E-state index contributed by atoms with van der Waals surface area (Å²) in [7, 11) is 0. The maximum Gasteiger partial charge on any atom is 0.411 e. The van der Waals surface area contributed by atoms with E-state index in [9.17, 15) is 18.7 Å². The van der Waals surface area contributed by atoms with Crippen molar-refractivity contribution in [2.24, 2.45) is 11.5 Å². The first kappa shape index (κ1) is 21.6. The van der Waals surface area contributed by atoms with Crippen LogP contribution in [0, 0.1) is 0 Å². The first-order valence-electron chi connectivity index (χ1n) is 7.64. The zero-order valence-corrected chi connectivity index (χ0v) is 14.2. The average Bonchev–Trinajstić information content (AvgIpc) is 2.40. The summed E-state index contributed by atoms with van der Waals surface area (Å²) in [4.78, 5) is 11.4. The Hall–Kier alpha value is -1.41. The lowest BCUT2D eigenvalue weighted by Crippen LogP contribution is -2.47. The quantitative estimate of drug-likeness (QED) is 0.543. The largest absolute Gasteiger partial charge is 0.444 e. The molecule has 0 saturated carbocycles. The van der Waals surface area contributed by atoms with Crippen molar-refractivity contribution in [2.75, 3.05) is 0 Å². The molecule has 6 N–H and O–H groups in total. The van der Waals surface area contributed by atoms with E-state index in [2.05, 4.69) is 5.32 Å². The molecule has 1 amide bonds. The van der Waals surface area contributed by atoms with Gasteiger partial charge < -0.3 is 21.3 Å². The van der Waals surface area contributed by atoms with Gasteiger partial charge in [0.1, 0.15) is 11.7 Å². The lowest BCUT2D eigenvalue weighted by atomic mass is 9.97. The minimum absolute atomic E-state index is 0.0480. The van der Waals surface area contributed by atoms with Crippen molar-refractivity contribution in [1.82, 2.24) is 5.32 Å². The molecule has 0 fully saturated rings. The summed E-state index contributed by atoms with van der Waals surface area (Å²) in [5.41, 5.74) is 10.5. The van der Waals surface area contributed by atoms with Crippen LogP contribution in [0.1, 0.15) is 53.4 Å². The molecule has 0 spiro atoms. The number of amides is 1. The van der Waals surface area contributed by atoms with E-state index < -0.39 is 36.2 Å². The zero-order valence-electron chi connectivity index (χ0n) is 14.2. The number of halogens is 2. The molecule has 0 aliphatic heterocycles.